The summed E-state index contributed by atoms with van der Waals surface area (Å²) in [6.07, 6.45) is 4.58. The van der Waals surface area contributed by atoms with Gasteiger partial charge in [-0.2, -0.15) is 0 Å². The van der Waals surface area contributed by atoms with E-state index in [1.54, 1.807) is 24.7 Å². The summed E-state index contributed by atoms with van der Waals surface area (Å²) in [5.74, 6) is 1.74. The average molecular weight is 319 g/mol. The first kappa shape index (κ1) is 17.3. The molecule has 0 radical (unpaired) electrons. The van der Waals surface area contributed by atoms with E-state index in [1.807, 2.05) is 36.7 Å². The zero-order chi connectivity index (χ0) is 16.7. The van der Waals surface area contributed by atoms with E-state index in [4.69, 9.17) is 15.2 Å². The molecule has 0 saturated heterocycles. The molecule has 1 heterocycles. The molecule has 126 valence electrons. The average Bonchev–Trinajstić information content (AvgIpc) is 3.01. The van der Waals surface area contributed by atoms with Gasteiger partial charge in [0.15, 0.2) is 6.23 Å². The predicted octanol–water partition coefficient (Wildman–Crippen LogP) is 2.03. The number of aliphatic hydroxyl groups is 1. The molecular weight excluding hydrogens is 294 g/mol. The Bertz CT molecular complexity index is 555. The number of benzene rings is 1. The van der Waals surface area contributed by atoms with Crippen molar-refractivity contribution >= 4 is 0 Å². The lowest BCUT2D eigenvalue weighted by atomic mass is 10.1. The highest BCUT2D eigenvalue weighted by molar-refractivity contribution is 5.31. The zero-order valence-corrected chi connectivity index (χ0v) is 13.6. The van der Waals surface area contributed by atoms with Gasteiger partial charge < -0.3 is 19.1 Å². The lowest BCUT2D eigenvalue weighted by Crippen LogP contribution is -2.40. The molecule has 1 aromatic carbocycles. The highest BCUT2D eigenvalue weighted by Crippen LogP contribution is 2.19. The van der Waals surface area contributed by atoms with Gasteiger partial charge in [-0.3, -0.25) is 5.73 Å². The minimum absolute atomic E-state index is 0.367. The molecule has 0 fully saturated rings. The molecule has 0 spiro atoms. The second kappa shape index (κ2) is 8.55. The van der Waals surface area contributed by atoms with E-state index in [2.05, 4.69) is 4.98 Å². The number of rotatable bonds is 9. The summed E-state index contributed by atoms with van der Waals surface area (Å²) in [6.45, 7) is 5.37. The minimum atomic E-state index is -0.731. The summed E-state index contributed by atoms with van der Waals surface area (Å²) in [6, 6.07) is 7.22. The van der Waals surface area contributed by atoms with Crippen LogP contribution in [0, 0.1) is 5.92 Å². The largest absolute Gasteiger partial charge is 0.492 e. The SMILES string of the molecule is CC(C)CC(O)C(N)Oc1ccc(OCCn2ccnc2)cc1. The van der Waals surface area contributed by atoms with Crippen molar-refractivity contribution in [1.82, 2.24) is 9.55 Å². The van der Waals surface area contributed by atoms with Gasteiger partial charge in [0.1, 0.15) is 24.2 Å². The third kappa shape index (κ3) is 5.92. The summed E-state index contributed by atoms with van der Waals surface area (Å²) in [5, 5.41) is 9.93. The first-order valence-corrected chi connectivity index (χ1v) is 7.83. The number of aliphatic hydroxyl groups excluding tert-OH is 1. The summed E-state index contributed by atoms with van der Waals surface area (Å²) in [5.41, 5.74) is 5.86. The Morgan fingerprint density at radius 3 is 2.52 bits per heavy atom. The van der Waals surface area contributed by atoms with E-state index < -0.39 is 12.3 Å². The first-order chi connectivity index (χ1) is 11.0. The molecule has 0 aliphatic carbocycles. The van der Waals surface area contributed by atoms with E-state index in [0.717, 1.165) is 12.3 Å². The highest BCUT2D eigenvalue weighted by atomic mass is 16.5. The molecule has 6 heteroatoms. The van der Waals surface area contributed by atoms with Gasteiger partial charge >= 0.3 is 0 Å². The topological polar surface area (TPSA) is 82.5 Å². The standard InChI is InChI=1S/C17H25N3O3/c1-13(2)11-16(21)17(18)23-15-5-3-14(4-6-15)22-10-9-20-8-7-19-12-20/h3-8,12-13,16-17,21H,9-11,18H2,1-2H3. The fourth-order valence-corrected chi connectivity index (χ4v) is 2.16. The lowest BCUT2D eigenvalue weighted by Gasteiger charge is -2.21. The maximum absolute atomic E-state index is 9.93. The van der Waals surface area contributed by atoms with Crippen LogP contribution >= 0.6 is 0 Å². The Hall–Kier alpha value is -2.05. The lowest BCUT2D eigenvalue weighted by molar-refractivity contribution is 0.0268. The van der Waals surface area contributed by atoms with Gasteiger partial charge in [-0.1, -0.05) is 13.8 Å². The van der Waals surface area contributed by atoms with Crippen LogP contribution in [0.4, 0.5) is 0 Å². The van der Waals surface area contributed by atoms with Gasteiger partial charge in [-0.05, 0) is 36.6 Å². The molecule has 2 unspecified atom stereocenters. The molecular formula is C17H25N3O3. The van der Waals surface area contributed by atoms with Crippen molar-refractivity contribution in [2.45, 2.75) is 39.1 Å². The molecule has 23 heavy (non-hydrogen) atoms. The van der Waals surface area contributed by atoms with E-state index in [0.29, 0.717) is 24.7 Å². The number of hydrogen-bond acceptors (Lipinski definition) is 5. The van der Waals surface area contributed by atoms with Crippen LogP contribution in [-0.4, -0.2) is 33.6 Å². The van der Waals surface area contributed by atoms with E-state index in [-0.39, 0.29) is 0 Å². The molecule has 0 bridgehead atoms. The van der Waals surface area contributed by atoms with E-state index >= 15 is 0 Å². The molecule has 2 aromatic rings. The van der Waals surface area contributed by atoms with Crippen molar-refractivity contribution in [3.63, 3.8) is 0 Å². The Balaban J connectivity index is 1.77. The molecule has 3 N–H and O–H groups in total. The second-order valence-electron chi connectivity index (χ2n) is 5.90. The van der Waals surface area contributed by atoms with Crippen LogP contribution in [0.2, 0.25) is 0 Å². The van der Waals surface area contributed by atoms with Gasteiger partial charge in [0, 0.05) is 12.4 Å². The third-order valence-corrected chi connectivity index (χ3v) is 3.37. The van der Waals surface area contributed by atoms with Crippen LogP contribution in [0.25, 0.3) is 0 Å². The van der Waals surface area contributed by atoms with Gasteiger partial charge in [0.05, 0.1) is 12.9 Å². The van der Waals surface area contributed by atoms with Crippen LogP contribution in [0.1, 0.15) is 20.3 Å². The fraction of sp³-hybridized carbons (Fsp3) is 0.471. The maximum Gasteiger partial charge on any atom is 0.173 e. The van der Waals surface area contributed by atoms with Crippen LogP contribution in [0.15, 0.2) is 43.0 Å². The van der Waals surface area contributed by atoms with Crippen molar-refractivity contribution in [2.24, 2.45) is 11.7 Å². The first-order valence-electron chi connectivity index (χ1n) is 7.83. The number of aromatic nitrogens is 2. The quantitative estimate of drug-likeness (QED) is 0.691. The molecule has 0 aliphatic rings. The normalized spacial score (nSPS) is 13.8. The number of ether oxygens (including phenoxy) is 2. The Morgan fingerprint density at radius 2 is 1.91 bits per heavy atom. The molecule has 2 rings (SSSR count). The zero-order valence-electron chi connectivity index (χ0n) is 13.6. The maximum atomic E-state index is 9.93. The van der Waals surface area contributed by atoms with Gasteiger partial charge in [0.25, 0.3) is 0 Å². The van der Waals surface area contributed by atoms with Gasteiger partial charge in [-0.15, -0.1) is 0 Å². The predicted molar refractivity (Wildman–Crippen MR) is 88.2 cm³/mol. The van der Waals surface area contributed by atoms with Crippen LogP contribution in [-0.2, 0) is 6.54 Å². The summed E-state index contributed by atoms with van der Waals surface area (Å²) >= 11 is 0. The Labute approximate surface area is 136 Å². The molecule has 0 amide bonds. The number of nitrogens with two attached hydrogens (primary N) is 1. The third-order valence-electron chi connectivity index (χ3n) is 3.37. The summed E-state index contributed by atoms with van der Waals surface area (Å²) < 4.78 is 13.2. The fourth-order valence-electron chi connectivity index (χ4n) is 2.16. The van der Waals surface area contributed by atoms with Gasteiger partial charge in [0.2, 0.25) is 0 Å². The van der Waals surface area contributed by atoms with Crippen LogP contribution in [0.3, 0.4) is 0 Å². The van der Waals surface area contributed by atoms with Crippen molar-refractivity contribution in [2.75, 3.05) is 6.61 Å². The minimum Gasteiger partial charge on any atom is -0.492 e. The van der Waals surface area contributed by atoms with Gasteiger partial charge in [-0.25, -0.2) is 4.98 Å². The second-order valence-corrected chi connectivity index (χ2v) is 5.90. The molecule has 0 saturated carbocycles. The monoisotopic (exact) mass is 319 g/mol. The number of imidazole rings is 1. The van der Waals surface area contributed by atoms with E-state index in [9.17, 15) is 5.11 Å². The Kier molecular flexibility index (Phi) is 6.43. The van der Waals surface area contributed by atoms with Crippen LogP contribution < -0.4 is 15.2 Å². The molecule has 1 aromatic heterocycles. The van der Waals surface area contributed by atoms with Crippen LogP contribution in [0.5, 0.6) is 11.5 Å². The number of hydrogen-bond donors (Lipinski definition) is 2. The van der Waals surface area contributed by atoms with E-state index in [1.165, 1.54) is 0 Å². The number of nitrogens with zero attached hydrogens (tertiary/aromatic N) is 2. The highest BCUT2D eigenvalue weighted by Gasteiger charge is 2.17. The molecule has 0 aliphatic heterocycles. The summed E-state index contributed by atoms with van der Waals surface area (Å²) in [4.78, 5) is 3.98. The van der Waals surface area contributed by atoms with Crippen molar-refractivity contribution in [3.8, 4) is 11.5 Å². The smallest absolute Gasteiger partial charge is 0.173 e. The molecule has 2 atom stereocenters. The van der Waals surface area contributed by atoms with Crippen molar-refractivity contribution in [1.29, 1.82) is 0 Å². The van der Waals surface area contributed by atoms with Crippen molar-refractivity contribution < 1.29 is 14.6 Å². The summed E-state index contributed by atoms with van der Waals surface area (Å²) in [7, 11) is 0. The molecule has 6 nitrogen and oxygen atoms in total. The van der Waals surface area contributed by atoms with Crippen molar-refractivity contribution in [3.05, 3.63) is 43.0 Å². The Morgan fingerprint density at radius 1 is 1.22 bits per heavy atom.